The molecule has 0 aliphatic carbocycles. The topological polar surface area (TPSA) is 48.4 Å². The third-order valence-electron chi connectivity index (χ3n) is 2.19. The van der Waals surface area contributed by atoms with Gasteiger partial charge in [0, 0.05) is 6.07 Å². The largest absolute Gasteiger partial charge is 0.491 e. The van der Waals surface area contributed by atoms with E-state index in [-0.39, 0.29) is 17.6 Å². The third kappa shape index (κ3) is 3.22. The van der Waals surface area contributed by atoms with Crippen LogP contribution in [0.1, 0.15) is 11.8 Å². The molecule has 0 saturated heterocycles. The van der Waals surface area contributed by atoms with Gasteiger partial charge in [-0.05, 0) is 35.9 Å². The van der Waals surface area contributed by atoms with Gasteiger partial charge in [-0.2, -0.15) is 0 Å². The van der Waals surface area contributed by atoms with Gasteiger partial charge in [0.15, 0.2) is 5.22 Å². The van der Waals surface area contributed by atoms with Crippen molar-refractivity contribution < 1.29 is 13.5 Å². The monoisotopic (exact) mass is 255 g/mol. The van der Waals surface area contributed by atoms with Gasteiger partial charge in [0.05, 0.1) is 6.04 Å². The van der Waals surface area contributed by atoms with Gasteiger partial charge in [0.25, 0.3) is 0 Å². The molecule has 0 aliphatic rings. The van der Waals surface area contributed by atoms with Gasteiger partial charge in [0.1, 0.15) is 23.9 Å². The van der Waals surface area contributed by atoms with Gasteiger partial charge in [-0.25, -0.2) is 4.39 Å². The Bertz CT molecular complexity index is 501. The Morgan fingerprint density at radius 1 is 1.35 bits per heavy atom. The van der Waals surface area contributed by atoms with E-state index in [2.05, 4.69) is 0 Å². The maximum Gasteiger partial charge on any atom is 0.193 e. The summed E-state index contributed by atoms with van der Waals surface area (Å²) in [6, 6.07) is 8.72. The highest BCUT2D eigenvalue weighted by Gasteiger charge is 2.11. The van der Waals surface area contributed by atoms with E-state index < -0.39 is 6.04 Å². The number of nitrogens with two attached hydrogens (primary N) is 1. The van der Waals surface area contributed by atoms with Crippen LogP contribution in [0.25, 0.3) is 0 Å². The highest BCUT2D eigenvalue weighted by molar-refractivity contribution is 6.28. The molecule has 2 rings (SSSR count). The fourth-order valence-electron chi connectivity index (χ4n) is 1.35. The summed E-state index contributed by atoms with van der Waals surface area (Å²) in [6.45, 7) is 0.188. The quantitative estimate of drug-likeness (QED) is 0.913. The number of ether oxygens (including phenoxy) is 1. The smallest absolute Gasteiger partial charge is 0.193 e. The predicted octanol–water partition coefficient (Wildman–Crippen LogP) is 3.15. The van der Waals surface area contributed by atoms with Crippen LogP contribution in [0.4, 0.5) is 4.39 Å². The minimum absolute atomic E-state index is 0.188. The van der Waals surface area contributed by atoms with Crippen LogP contribution in [0.3, 0.4) is 0 Å². The molecule has 0 spiro atoms. The van der Waals surface area contributed by atoms with Gasteiger partial charge in [-0.3, -0.25) is 0 Å². The molecule has 2 aromatic rings. The van der Waals surface area contributed by atoms with E-state index in [0.29, 0.717) is 11.5 Å². The highest BCUT2D eigenvalue weighted by Crippen LogP contribution is 2.20. The van der Waals surface area contributed by atoms with Crippen molar-refractivity contribution in [2.75, 3.05) is 6.61 Å². The van der Waals surface area contributed by atoms with Crippen molar-refractivity contribution >= 4 is 11.6 Å². The summed E-state index contributed by atoms with van der Waals surface area (Å²) in [4.78, 5) is 0. The lowest BCUT2D eigenvalue weighted by molar-refractivity contribution is 0.272. The zero-order valence-electron chi connectivity index (χ0n) is 8.90. The predicted molar refractivity (Wildman–Crippen MR) is 62.5 cm³/mol. The van der Waals surface area contributed by atoms with Crippen molar-refractivity contribution in [3.8, 4) is 5.75 Å². The normalized spacial score (nSPS) is 12.4. The number of halogens is 2. The van der Waals surface area contributed by atoms with Crippen LogP contribution >= 0.6 is 11.6 Å². The molecule has 1 atom stereocenters. The summed E-state index contributed by atoms with van der Waals surface area (Å²) in [6.07, 6.45) is 0. The molecule has 1 aromatic carbocycles. The fraction of sp³-hybridized carbons (Fsp3) is 0.167. The minimum Gasteiger partial charge on any atom is -0.491 e. The molecule has 5 heteroatoms. The van der Waals surface area contributed by atoms with Gasteiger partial charge in [0.2, 0.25) is 0 Å². The summed E-state index contributed by atoms with van der Waals surface area (Å²) >= 11 is 5.63. The molecule has 0 amide bonds. The average molecular weight is 256 g/mol. The second kappa shape index (κ2) is 5.21. The standard InChI is InChI=1S/C12H11ClFNO2/c13-12-5-4-11(17-12)10(15)7-16-9-3-1-2-8(14)6-9/h1-6,10H,7,15H2. The minimum atomic E-state index is -0.439. The zero-order valence-corrected chi connectivity index (χ0v) is 9.65. The molecule has 0 bridgehead atoms. The molecule has 1 heterocycles. The Kier molecular flexibility index (Phi) is 3.66. The first-order valence-electron chi connectivity index (χ1n) is 5.04. The molecule has 17 heavy (non-hydrogen) atoms. The first kappa shape index (κ1) is 12.0. The summed E-state index contributed by atoms with van der Waals surface area (Å²) in [5.74, 6) is 0.613. The van der Waals surface area contributed by atoms with Crippen molar-refractivity contribution in [3.63, 3.8) is 0 Å². The van der Waals surface area contributed by atoms with E-state index in [9.17, 15) is 4.39 Å². The number of hydrogen-bond donors (Lipinski definition) is 1. The lowest BCUT2D eigenvalue weighted by atomic mass is 10.2. The Balaban J connectivity index is 1.94. The average Bonchev–Trinajstić information content (AvgIpc) is 2.73. The molecule has 0 fully saturated rings. The first-order chi connectivity index (χ1) is 8.15. The molecule has 2 N–H and O–H groups in total. The van der Waals surface area contributed by atoms with E-state index >= 15 is 0 Å². The molecule has 90 valence electrons. The van der Waals surface area contributed by atoms with Crippen LogP contribution in [-0.4, -0.2) is 6.61 Å². The Hall–Kier alpha value is -1.52. The van der Waals surface area contributed by atoms with Crippen LogP contribution < -0.4 is 10.5 Å². The van der Waals surface area contributed by atoms with Crippen LogP contribution in [-0.2, 0) is 0 Å². The molecular weight excluding hydrogens is 245 g/mol. The summed E-state index contributed by atoms with van der Waals surface area (Å²) in [5.41, 5.74) is 5.82. The second-order valence-corrected chi connectivity index (χ2v) is 3.89. The van der Waals surface area contributed by atoms with Gasteiger partial charge >= 0.3 is 0 Å². The SMILES string of the molecule is NC(COc1cccc(F)c1)c1ccc(Cl)o1. The zero-order chi connectivity index (χ0) is 12.3. The fourth-order valence-corrected chi connectivity index (χ4v) is 1.50. The molecule has 0 radical (unpaired) electrons. The van der Waals surface area contributed by atoms with E-state index in [1.54, 1.807) is 24.3 Å². The summed E-state index contributed by atoms with van der Waals surface area (Å²) < 4.78 is 23.4. The summed E-state index contributed by atoms with van der Waals surface area (Å²) in [5, 5.41) is 0.279. The molecule has 0 aliphatic heterocycles. The molecule has 0 saturated carbocycles. The van der Waals surface area contributed by atoms with Gasteiger partial charge in [-0.15, -0.1) is 0 Å². The van der Waals surface area contributed by atoms with Crippen molar-refractivity contribution in [2.24, 2.45) is 5.73 Å². The van der Waals surface area contributed by atoms with E-state index in [4.69, 9.17) is 26.5 Å². The number of rotatable bonds is 4. The van der Waals surface area contributed by atoms with Gasteiger partial charge in [-0.1, -0.05) is 6.07 Å². The first-order valence-corrected chi connectivity index (χ1v) is 5.42. The van der Waals surface area contributed by atoms with Crippen molar-refractivity contribution in [3.05, 3.63) is 53.2 Å². The van der Waals surface area contributed by atoms with E-state index in [1.165, 1.54) is 12.1 Å². The molecule has 3 nitrogen and oxygen atoms in total. The second-order valence-electron chi connectivity index (χ2n) is 3.52. The Labute approximate surface area is 103 Å². The lowest BCUT2D eigenvalue weighted by Gasteiger charge is -2.10. The lowest BCUT2D eigenvalue weighted by Crippen LogP contribution is -2.18. The molecular formula is C12H11ClFNO2. The van der Waals surface area contributed by atoms with Crippen LogP contribution in [0.5, 0.6) is 5.75 Å². The molecule has 1 unspecified atom stereocenters. The Morgan fingerprint density at radius 2 is 2.18 bits per heavy atom. The van der Waals surface area contributed by atoms with Crippen LogP contribution in [0.15, 0.2) is 40.8 Å². The van der Waals surface area contributed by atoms with E-state index in [1.807, 2.05) is 0 Å². The van der Waals surface area contributed by atoms with E-state index in [0.717, 1.165) is 0 Å². The number of benzene rings is 1. The van der Waals surface area contributed by atoms with Crippen molar-refractivity contribution in [1.29, 1.82) is 0 Å². The van der Waals surface area contributed by atoms with Crippen LogP contribution in [0, 0.1) is 5.82 Å². The Morgan fingerprint density at radius 3 is 2.82 bits per heavy atom. The van der Waals surface area contributed by atoms with Gasteiger partial charge < -0.3 is 14.9 Å². The maximum absolute atomic E-state index is 12.9. The third-order valence-corrected chi connectivity index (χ3v) is 2.39. The number of hydrogen-bond acceptors (Lipinski definition) is 3. The maximum atomic E-state index is 12.9. The van der Waals surface area contributed by atoms with Crippen molar-refractivity contribution in [2.45, 2.75) is 6.04 Å². The summed E-state index contributed by atoms with van der Waals surface area (Å²) in [7, 11) is 0. The van der Waals surface area contributed by atoms with Crippen LogP contribution in [0.2, 0.25) is 5.22 Å². The number of furan rings is 1. The highest BCUT2D eigenvalue weighted by atomic mass is 35.5. The molecule has 1 aromatic heterocycles. The van der Waals surface area contributed by atoms with Crippen molar-refractivity contribution in [1.82, 2.24) is 0 Å².